The zero-order valence-electron chi connectivity index (χ0n) is 14.3. The lowest BCUT2D eigenvalue weighted by Gasteiger charge is -2.28. The first-order valence-corrected chi connectivity index (χ1v) is 8.18. The molecule has 126 valence electrons. The van der Waals surface area contributed by atoms with Crippen LogP contribution >= 0.6 is 0 Å². The van der Waals surface area contributed by atoms with E-state index >= 15 is 0 Å². The third kappa shape index (κ3) is 3.05. The third-order valence-corrected chi connectivity index (χ3v) is 4.63. The molecule has 23 heavy (non-hydrogen) atoms. The van der Waals surface area contributed by atoms with Crippen molar-refractivity contribution in [3.05, 3.63) is 28.6 Å². The fraction of sp³-hybridized carbons (Fsp3) is 0.647. The summed E-state index contributed by atoms with van der Waals surface area (Å²) in [6.45, 7) is 6.06. The minimum absolute atomic E-state index is 0.0240. The Morgan fingerprint density at radius 1 is 1.48 bits per heavy atom. The average Bonchev–Trinajstić information content (AvgIpc) is 2.84. The maximum Gasteiger partial charge on any atom is 0.274 e. The molecule has 2 aliphatic heterocycles. The van der Waals surface area contributed by atoms with E-state index in [1.165, 1.54) is 5.57 Å². The van der Waals surface area contributed by atoms with E-state index in [0.717, 1.165) is 30.6 Å². The first-order chi connectivity index (χ1) is 11.0. The number of fused-ring (bicyclic) bond motifs is 1. The molecule has 2 aliphatic rings. The van der Waals surface area contributed by atoms with Crippen LogP contribution in [0.2, 0.25) is 0 Å². The van der Waals surface area contributed by atoms with E-state index in [1.54, 1.807) is 11.8 Å². The number of methoxy groups -OCH3 is 1. The van der Waals surface area contributed by atoms with Crippen molar-refractivity contribution in [2.45, 2.75) is 38.9 Å². The molecule has 0 bridgehead atoms. The topological polar surface area (TPSA) is 56.6 Å². The van der Waals surface area contributed by atoms with Crippen molar-refractivity contribution in [2.75, 3.05) is 26.8 Å². The highest BCUT2D eigenvalue weighted by Crippen LogP contribution is 2.32. The second kappa shape index (κ2) is 6.45. The molecular weight excluding hydrogens is 294 g/mol. The van der Waals surface area contributed by atoms with Gasteiger partial charge in [0, 0.05) is 39.2 Å². The summed E-state index contributed by atoms with van der Waals surface area (Å²) in [5.74, 6) is 0.0240. The molecule has 6 nitrogen and oxygen atoms in total. The summed E-state index contributed by atoms with van der Waals surface area (Å²) in [6, 6.07) is 0. The normalized spacial score (nSPS) is 24.3. The second-order valence-electron chi connectivity index (χ2n) is 6.43. The molecule has 0 saturated carbocycles. The van der Waals surface area contributed by atoms with Crippen molar-refractivity contribution < 1.29 is 14.3 Å². The molecule has 3 rings (SSSR count). The number of ether oxygens (including phenoxy) is 2. The third-order valence-electron chi connectivity index (χ3n) is 4.63. The van der Waals surface area contributed by atoms with Gasteiger partial charge < -0.3 is 14.4 Å². The largest absolute Gasteiger partial charge is 0.380 e. The summed E-state index contributed by atoms with van der Waals surface area (Å²) in [5, 5.41) is 4.51. The van der Waals surface area contributed by atoms with Crippen molar-refractivity contribution in [2.24, 2.45) is 7.05 Å². The van der Waals surface area contributed by atoms with Crippen LogP contribution in [0.15, 0.2) is 11.6 Å². The summed E-state index contributed by atoms with van der Waals surface area (Å²) in [5.41, 5.74) is 3.93. The standard InChI is InChI=1S/C17H25N3O3/c1-11-9-14-15(18-19(3)16(14)12(2)23-11)17(21)20-7-5-13(6-8-20)10-22-4/h5,11-12H,6-10H2,1-4H3/t11-,12+/m0/s1. The molecule has 1 aromatic heterocycles. The van der Waals surface area contributed by atoms with Gasteiger partial charge in [0.05, 0.1) is 24.5 Å². The summed E-state index contributed by atoms with van der Waals surface area (Å²) in [4.78, 5) is 14.8. The van der Waals surface area contributed by atoms with Crippen LogP contribution < -0.4 is 0 Å². The van der Waals surface area contributed by atoms with Crippen LogP contribution in [0.5, 0.6) is 0 Å². The quantitative estimate of drug-likeness (QED) is 0.798. The van der Waals surface area contributed by atoms with Crippen molar-refractivity contribution >= 4 is 5.91 Å². The molecule has 0 unspecified atom stereocenters. The maximum atomic E-state index is 12.9. The van der Waals surface area contributed by atoms with E-state index < -0.39 is 0 Å². The van der Waals surface area contributed by atoms with Crippen LogP contribution in [-0.4, -0.2) is 53.5 Å². The lowest BCUT2D eigenvalue weighted by molar-refractivity contribution is -0.00906. The molecule has 0 aliphatic carbocycles. The number of carbonyl (C=O) groups is 1. The van der Waals surface area contributed by atoms with Gasteiger partial charge in [-0.25, -0.2) is 0 Å². The van der Waals surface area contributed by atoms with E-state index in [2.05, 4.69) is 11.2 Å². The van der Waals surface area contributed by atoms with Gasteiger partial charge in [-0.1, -0.05) is 6.08 Å². The number of rotatable bonds is 3. The van der Waals surface area contributed by atoms with E-state index in [-0.39, 0.29) is 18.1 Å². The number of hydrogen-bond acceptors (Lipinski definition) is 4. The number of aromatic nitrogens is 2. The van der Waals surface area contributed by atoms with Crippen molar-refractivity contribution in [1.82, 2.24) is 14.7 Å². The summed E-state index contributed by atoms with van der Waals surface area (Å²) in [7, 11) is 3.58. The van der Waals surface area contributed by atoms with Crippen molar-refractivity contribution in [3.8, 4) is 0 Å². The van der Waals surface area contributed by atoms with Crippen LogP contribution in [0.25, 0.3) is 0 Å². The van der Waals surface area contributed by atoms with Gasteiger partial charge in [-0.2, -0.15) is 5.10 Å². The Morgan fingerprint density at radius 3 is 2.91 bits per heavy atom. The van der Waals surface area contributed by atoms with Gasteiger partial charge in [0.25, 0.3) is 5.91 Å². The molecule has 0 fully saturated rings. The highest BCUT2D eigenvalue weighted by Gasteiger charge is 2.33. The van der Waals surface area contributed by atoms with Gasteiger partial charge in [-0.05, 0) is 25.8 Å². The Labute approximate surface area is 137 Å². The summed E-state index contributed by atoms with van der Waals surface area (Å²) >= 11 is 0. The average molecular weight is 319 g/mol. The van der Waals surface area contributed by atoms with Gasteiger partial charge in [0.15, 0.2) is 5.69 Å². The predicted octanol–water partition coefficient (Wildman–Crippen LogP) is 1.86. The minimum Gasteiger partial charge on any atom is -0.380 e. The van der Waals surface area contributed by atoms with Gasteiger partial charge in [-0.3, -0.25) is 9.48 Å². The molecule has 2 atom stereocenters. The van der Waals surface area contributed by atoms with Crippen molar-refractivity contribution in [1.29, 1.82) is 0 Å². The van der Waals surface area contributed by atoms with Crippen LogP contribution in [0.3, 0.4) is 0 Å². The summed E-state index contributed by atoms with van der Waals surface area (Å²) in [6.07, 6.45) is 3.79. The second-order valence-corrected chi connectivity index (χ2v) is 6.43. The lowest BCUT2D eigenvalue weighted by Crippen LogP contribution is -2.36. The molecule has 0 radical (unpaired) electrons. The van der Waals surface area contributed by atoms with Crippen molar-refractivity contribution in [3.63, 3.8) is 0 Å². The molecule has 6 heteroatoms. The van der Waals surface area contributed by atoms with Crippen LogP contribution in [0, 0.1) is 0 Å². The highest BCUT2D eigenvalue weighted by atomic mass is 16.5. The Balaban J connectivity index is 1.83. The van der Waals surface area contributed by atoms with E-state index in [0.29, 0.717) is 18.8 Å². The number of nitrogens with zero attached hydrogens (tertiary/aromatic N) is 3. The number of aryl methyl sites for hydroxylation is 1. The zero-order valence-corrected chi connectivity index (χ0v) is 14.3. The first kappa shape index (κ1) is 16.2. The summed E-state index contributed by atoms with van der Waals surface area (Å²) < 4.78 is 12.8. The van der Waals surface area contributed by atoms with Crippen LogP contribution in [0.1, 0.15) is 48.1 Å². The Kier molecular flexibility index (Phi) is 4.55. The molecule has 0 saturated heterocycles. The molecule has 1 amide bonds. The number of carbonyl (C=O) groups excluding carboxylic acids is 1. The van der Waals surface area contributed by atoms with Crippen LogP contribution in [0.4, 0.5) is 0 Å². The molecular formula is C17H25N3O3. The van der Waals surface area contributed by atoms with Gasteiger partial charge in [-0.15, -0.1) is 0 Å². The van der Waals surface area contributed by atoms with Gasteiger partial charge in [0.1, 0.15) is 0 Å². The number of amides is 1. The molecule has 1 aromatic rings. The maximum absolute atomic E-state index is 12.9. The Hall–Kier alpha value is -1.66. The van der Waals surface area contributed by atoms with E-state index in [9.17, 15) is 4.79 Å². The molecule has 0 spiro atoms. The van der Waals surface area contributed by atoms with E-state index in [1.807, 2.05) is 25.8 Å². The Bertz CT molecular complexity index is 635. The smallest absolute Gasteiger partial charge is 0.274 e. The zero-order chi connectivity index (χ0) is 16.6. The highest BCUT2D eigenvalue weighted by molar-refractivity contribution is 5.94. The number of hydrogen-bond donors (Lipinski definition) is 0. The SMILES string of the molecule is COCC1=CCN(C(=O)c2nn(C)c3c2C[C@H](C)O[C@@H]3C)CC1. The lowest BCUT2D eigenvalue weighted by atomic mass is 9.98. The monoisotopic (exact) mass is 319 g/mol. The Morgan fingerprint density at radius 2 is 2.26 bits per heavy atom. The molecule has 3 heterocycles. The van der Waals surface area contributed by atoms with E-state index in [4.69, 9.17) is 9.47 Å². The van der Waals surface area contributed by atoms with Crippen LogP contribution in [-0.2, 0) is 22.9 Å². The van der Waals surface area contributed by atoms with Gasteiger partial charge >= 0.3 is 0 Å². The predicted molar refractivity (Wildman–Crippen MR) is 86.4 cm³/mol. The molecule has 0 aromatic carbocycles. The minimum atomic E-state index is -0.0256. The molecule has 0 N–H and O–H groups in total. The fourth-order valence-electron chi connectivity index (χ4n) is 3.57. The fourth-order valence-corrected chi connectivity index (χ4v) is 3.57. The van der Waals surface area contributed by atoms with Gasteiger partial charge in [0.2, 0.25) is 0 Å². The first-order valence-electron chi connectivity index (χ1n) is 8.18.